The second kappa shape index (κ2) is 7.23. The van der Waals surface area contributed by atoms with E-state index in [2.05, 4.69) is 5.32 Å². The number of amides is 1. The van der Waals surface area contributed by atoms with Crippen LogP contribution in [0.3, 0.4) is 0 Å². The van der Waals surface area contributed by atoms with Crippen molar-refractivity contribution in [2.45, 2.75) is 51.6 Å². The third-order valence-electron chi connectivity index (χ3n) is 2.18. The molecule has 0 aromatic carbocycles. The molecule has 0 saturated carbocycles. The van der Waals surface area contributed by atoms with Crippen molar-refractivity contribution in [3.8, 4) is 0 Å². The lowest BCUT2D eigenvalue weighted by Gasteiger charge is -2.18. The van der Waals surface area contributed by atoms with Crippen LogP contribution in [0.4, 0.5) is 0 Å². The zero-order valence-electron chi connectivity index (χ0n) is 9.32. The number of carbonyl (C=O) groups excluding carboxylic acids is 1. The van der Waals surface area contributed by atoms with E-state index >= 15 is 0 Å². The minimum absolute atomic E-state index is 0.0456. The van der Waals surface area contributed by atoms with Crippen LogP contribution in [0, 0.1) is 0 Å². The topological polar surface area (TPSA) is 92.4 Å². The quantitative estimate of drug-likeness (QED) is 0.577. The molecule has 1 amide bonds. The molecule has 4 N–H and O–H groups in total. The van der Waals surface area contributed by atoms with E-state index in [9.17, 15) is 9.59 Å². The first-order valence-corrected chi connectivity index (χ1v) is 5.29. The van der Waals surface area contributed by atoms with Crippen LogP contribution in [-0.4, -0.2) is 29.1 Å². The summed E-state index contributed by atoms with van der Waals surface area (Å²) < 4.78 is 0. The molecule has 15 heavy (non-hydrogen) atoms. The van der Waals surface area contributed by atoms with Gasteiger partial charge in [-0.25, -0.2) is 0 Å². The highest BCUT2D eigenvalue weighted by molar-refractivity contribution is 5.82. The van der Waals surface area contributed by atoms with E-state index in [1.807, 2.05) is 13.8 Å². The maximum atomic E-state index is 11.4. The largest absolute Gasteiger partial charge is 0.481 e. The summed E-state index contributed by atoms with van der Waals surface area (Å²) in [4.78, 5) is 21.9. The van der Waals surface area contributed by atoms with Gasteiger partial charge in [-0.1, -0.05) is 20.3 Å². The number of carboxylic acid groups (broad SMARTS) is 1. The molecule has 2 unspecified atom stereocenters. The number of aliphatic carboxylic acids is 1. The predicted molar refractivity (Wildman–Crippen MR) is 57.4 cm³/mol. The number of nitrogens with one attached hydrogen (secondary N) is 1. The molecule has 0 heterocycles. The van der Waals surface area contributed by atoms with Gasteiger partial charge in [-0.15, -0.1) is 0 Å². The van der Waals surface area contributed by atoms with Crippen LogP contribution < -0.4 is 11.1 Å². The predicted octanol–water partition coefficient (Wildman–Crippen LogP) is 0.483. The monoisotopic (exact) mass is 216 g/mol. The molecule has 0 bridgehead atoms. The molecule has 2 atom stereocenters. The van der Waals surface area contributed by atoms with E-state index in [0.717, 1.165) is 6.42 Å². The molecule has 0 spiro atoms. The van der Waals surface area contributed by atoms with Crippen molar-refractivity contribution in [1.82, 2.24) is 5.32 Å². The van der Waals surface area contributed by atoms with Crippen molar-refractivity contribution in [1.29, 1.82) is 0 Å². The van der Waals surface area contributed by atoms with Crippen LogP contribution in [0.15, 0.2) is 0 Å². The lowest BCUT2D eigenvalue weighted by atomic mass is 10.1. The van der Waals surface area contributed by atoms with Gasteiger partial charge in [0.1, 0.15) is 0 Å². The third-order valence-corrected chi connectivity index (χ3v) is 2.18. The van der Waals surface area contributed by atoms with Gasteiger partial charge in [-0.05, 0) is 12.8 Å². The van der Waals surface area contributed by atoms with Crippen molar-refractivity contribution in [3.63, 3.8) is 0 Å². The summed E-state index contributed by atoms with van der Waals surface area (Å²) in [6.07, 6.45) is 2.00. The summed E-state index contributed by atoms with van der Waals surface area (Å²) >= 11 is 0. The summed E-state index contributed by atoms with van der Waals surface area (Å²) in [5.41, 5.74) is 5.53. The smallest absolute Gasteiger partial charge is 0.305 e. The first-order valence-electron chi connectivity index (χ1n) is 5.29. The molecule has 88 valence electrons. The van der Waals surface area contributed by atoms with Crippen LogP contribution in [0.25, 0.3) is 0 Å². The first kappa shape index (κ1) is 13.9. The average molecular weight is 216 g/mol. The van der Waals surface area contributed by atoms with Crippen LogP contribution in [0.5, 0.6) is 0 Å². The Morgan fingerprint density at radius 3 is 2.40 bits per heavy atom. The van der Waals surface area contributed by atoms with Gasteiger partial charge in [0, 0.05) is 6.04 Å². The number of carbonyl (C=O) groups is 2. The van der Waals surface area contributed by atoms with Crippen molar-refractivity contribution in [2.24, 2.45) is 5.73 Å². The molecule has 0 aliphatic carbocycles. The highest BCUT2D eigenvalue weighted by Crippen LogP contribution is 2.02. The number of hydrogen-bond donors (Lipinski definition) is 3. The summed E-state index contributed by atoms with van der Waals surface area (Å²) in [6, 6.07) is -0.851. The minimum Gasteiger partial charge on any atom is -0.481 e. The zero-order valence-corrected chi connectivity index (χ0v) is 9.32. The van der Waals surface area contributed by atoms with Gasteiger partial charge in [-0.2, -0.15) is 0 Å². The van der Waals surface area contributed by atoms with Gasteiger partial charge in [0.25, 0.3) is 0 Å². The standard InChI is InChI=1S/C10H20N2O3/c1-3-5-7(6-9(13)14)12-10(15)8(11)4-2/h7-8H,3-6,11H2,1-2H3,(H,12,15)(H,13,14). The molecule has 5 nitrogen and oxygen atoms in total. The highest BCUT2D eigenvalue weighted by Gasteiger charge is 2.18. The summed E-state index contributed by atoms with van der Waals surface area (Å²) in [5, 5.41) is 11.3. The van der Waals surface area contributed by atoms with Gasteiger partial charge < -0.3 is 16.2 Å². The first-order chi connectivity index (χ1) is 7.01. The van der Waals surface area contributed by atoms with E-state index in [-0.39, 0.29) is 18.4 Å². The lowest BCUT2D eigenvalue weighted by molar-refractivity contribution is -0.137. The molecule has 0 aliphatic rings. The Bertz CT molecular complexity index is 219. The van der Waals surface area contributed by atoms with Crippen LogP contribution in [0.1, 0.15) is 39.5 Å². The molecule has 0 radical (unpaired) electrons. The van der Waals surface area contributed by atoms with Crippen LogP contribution >= 0.6 is 0 Å². The fourth-order valence-corrected chi connectivity index (χ4v) is 1.28. The Morgan fingerprint density at radius 2 is 2.00 bits per heavy atom. The van der Waals surface area contributed by atoms with Gasteiger partial charge in [0.05, 0.1) is 12.5 Å². The Kier molecular flexibility index (Phi) is 6.70. The van der Waals surface area contributed by atoms with Gasteiger partial charge >= 0.3 is 5.97 Å². The third kappa shape index (κ3) is 6.06. The second-order valence-electron chi connectivity index (χ2n) is 3.61. The fraction of sp³-hybridized carbons (Fsp3) is 0.800. The Morgan fingerprint density at radius 1 is 1.40 bits per heavy atom. The van der Waals surface area contributed by atoms with E-state index in [4.69, 9.17) is 10.8 Å². The van der Waals surface area contributed by atoms with Gasteiger partial charge in [0.15, 0.2) is 0 Å². The molecule has 0 aliphatic heterocycles. The summed E-state index contributed by atoms with van der Waals surface area (Å²) in [5.74, 6) is -1.17. The fourth-order valence-electron chi connectivity index (χ4n) is 1.28. The Hall–Kier alpha value is -1.10. The molecule has 0 aromatic rings. The number of carboxylic acids is 1. The van der Waals surface area contributed by atoms with Crippen LogP contribution in [0.2, 0.25) is 0 Å². The van der Waals surface area contributed by atoms with Crippen LogP contribution in [-0.2, 0) is 9.59 Å². The highest BCUT2D eigenvalue weighted by atomic mass is 16.4. The van der Waals surface area contributed by atoms with Crippen molar-refractivity contribution < 1.29 is 14.7 Å². The summed E-state index contributed by atoms with van der Waals surface area (Å²) in [7, 11) is 0. The normalized spacial score (nSPS) is 14.3. The number of hydrogen-bond acceptors (Lipinski definition) is 3. The zero-order chi connectivity index (χ0) is 11.8. The molecular weight excluding hydrogens is 196 g/mol. The SMILES string of the molecule is CCCC(CC(=O)O)NC(=O)C(N)CC. The molecule has 0 aromatic heterocycles. The Labute approximate surface area is 90.0 Å². The van der Waals surface area contributed by atoms with E-state index < -0.39 is 12.0 Å². The maximum Gasteiger partial charge on any atom is 0.305 e. The van der Waals surface area contributed by atoms with Crippen molar-refractivity contribution >= 4 is 11.9 Å². The van der Waals surface area contributed by atoms with E-state index in [0.29, 0.717) is 12.8 Å². The number of nitrogens with two attached hydrogens (primary N) is 1. The molecule has 5 heteroatoms. The second-order valence-corrected chi connectivity index (χ2v) is 3.61. The minimum atomic E-state index is -0.904. The Balaban J connectivity index is 4.14. The van der Waals surface area contributed by atoms with Crippen molar-refractivity contribution in [2.75, 3.05) is 0 Å². The lowest BCUT2D eigenvalue weighted by Crippen LogP contribution is -2.45. The van der Waals surface area contributed by atoms with Gasteiger partial charge in [-0.3, -0.25) is 9.59 Å². The van der Waals surface area contributed by atoms with E-state index in [1.54, 1.807) is 0 Å². The molecule has 0 fully saturated rings. The number of rotatable bonds is 7. The maximum absolute atomic E-state index is 11.4. The van der Waals surface area contributed by atoms with Gasteiger partial charge in [0.2, 0.25) is 5.91 Å². The van der Waals surface area contributed by atoms with Crippen molar-refractivity contribution in [3.05, 3.63) is 0 Å². The average Bonchev–Trinajstić information content (AvgIpc) is 2.15. The molecule has 0 rings (SSSR count). The molecule has 0 saturated heterocycles. The summed E-state index contributed by atoms with van der Waals surface area (Å²) in [6.45, 7) is 3.76. The molecular formula is C10H20N2O3. The van der Waals surface area contributed by atoms with E-state index in [1.165, 1.54) is 0 Å².